The average Bonchev–Trinajstić information content (AvgIpc) is 3.67. The van der Waals surface area contributed by atoms with Gasteiger partial charge in [-0.2, -0.15) is 0 Å². The van der Waals surface area contributed by atoms with E-state index in [1.54, 1.807) is 7.11 Å². The number of fused-ring (bicyclic) bond motifs is 3. The van der Waals surface area contributed by atoms with Crippen LogP contribution in [-0.2, 0) is 27.6 Å². The molecule has 38 heavy (non-hydrogen) atoms. The SMILES string of the molecule is CC[C@H](N[S@@](=O)C(C)(C)C)c1ccc(OC)c2cnc(Cc3ccc4c(n3)C3(CC3)C(C)(C)OC4=O)cc12. The minimum atomic E-state index is -1.21. The molecule has 1 aliphatic heterocycles. The zero-order chi connectivity index (χ0) is 27.5. The van der Waals surface area contributed by atoms with Gasteiger partial charge in [-0.25, -0.2) is 13.7 Å². The first-order valence-corrected chi connectivity index (χ1v) is 14.4. The second kappa shape index (κ2) is 9.42. The molecule has 1 fully saturated rings. The molecule has 1 aromatic carbocycles. The van der Waals surface area contributed by atoms with E-state index >= 15 is 0 Å². The van der Waals surface area contributed by atoms with E-state index in [1.165, 1.54) is 0 Å². The molecule has 1 aliphatic carbocycles. The Kier molecular flexibility index (Phi) is 6.63. The molecule has 202 valence electrons. The maximum Gasteiger partial charge on any atom is 0.340 e. The summed E-state index contributed by atoms with van der Waals surface area (Å²) in [5.41, 5.74) is 3.47. The van der Waals surface area contributed by atoms with Crippen molar-refractivity contribution in [3.05, 3.63) is 64.7 Å². The predicted molar refractivity (Wildman–Crippen MR) is 150 cm³/mol. The number of nitrogens with zero attached hydrogens (tertiary/aromatic N) is 2. The summed E-state index contributed by atoms with van der Waals surface area (Å²) in [6.45, 7) is 12.0. The third-order valence-electron chi connectivity index (χ3n) is 8.00. The first-order chi connectivity index (χ1) is 17.9. The van der Waals surface area contributed by atoms with Gasteiger partial charge in [-0.15, -0.1) is 0 Å². The highest BCUT2D eigenvalue weighted by molar-refractivity contribution is 7.84. The first kappa shape index (κ1) is 26.8. The molecule has 0 radical (unpaired) electrons. The van der Waals surface area contributed by atoms with E-state index in [0.29, 0.717) is 12.0 Å². The molecular weight excluding hydrogens is 498 g/mol. The van der Waals surface area contributed by atoms with Gasteiger partial charge in [0, 0.05) is 35.4 Å². The van der Waals surface area contributed by atoms with E-state index in [-0.39, 0.29) is 22.2 Å². The van der Waals surface area contributed by atoms with Crippen molar-refractivity contribution in [3.8, 4) is 5.75 Å². The number of ether oxygens (including phenoxy) is 2. The monoisotopic (exact) mass is 535 g/mol. The van der Waals surface area contributed by atoms with E-state index in [2.05, 4.69) is 17.7 Å². The lowest BCUT2D eigenvalue weighted by atomic mass is 9.79. The molecule has 0 unspecified atom stereocenters. The maximum absolute atomic E-state index is 12.9. The molecule has 1 saturated carbocycles. The molecule has 0 amide bonds. The van der Waals surface area contributed by atoms with Gasteiger partial charge in [0.15, 0.2) is 0 Å². The van der Waals surface area contributed by atoms with Crippen molar-refractivity contribution in [3.63, 3.8) is 0 Å². The number of aromatic nitrogens is 2. The smallest absolute Gasteiger partial charge is 0.340 e. The van der Waals surface area contributed by atoms with Crippen LogP contribution in [0.4, 0.5) is 0 Å². The standard InChI is InChI=1S/C30H37N3O4S/c1-8-24(33-38(35)28(2,3)4)20-11-12-25(36-7)23-17-31-19(16-22(20)23)15-18-9-10-21-26(32-18)30(13-14-30)29(5,6)37-27(21)34/h9-12,16-17,24,33H,8,13-15H2,1-7H3/t24-,38-/m0/s1. The Hall–Kier alpha value is -2.84. The lowest BCUT2D eigenvalue weighted by Gasteiger charge is -2.39. The number of nitrogens with one attached hydrogen (secondary N) is 1. The maximum atomic E-state index is 12.9. The largest absolute Gasteiger partial charge is 0.496 e. The average molecular weight is 536 g/mol. The normalized spacial score (nSPS) is 19.1. The lowest BCUT2D eigenvalue weighted by molar-refractivity contribution is -0.0285. The van der Waals surface area contributed by atoms with Gasteiger partial charge in [0.25, 0.3) is 0 Å². The zero-order valence-electron chi connectivity index (χ0n) is 23.3. The fraction of sp³-hybridized carbons (Fsp3) is 0.500. The highest BCUT2D eigenvalue weighted by Gasteiger charge is 2.62. The van der Waals surface area contributed by atoms with Crippen LogP contribution in [-0.4, -0.2) is 37.6 Å². The second-order valence-electron chi connectivity index (χ2n) is 11.9. The highest BCUT2D eigenvalue weighted by Crippen LogP contribution is 2.59. The number of carbonyl (C=O) groups excluding carboxylic acids is 1. The van der Waals surface area contributed by atoms with E-state index in [4.69, 9.17) is 19.4 Å². The summed E-state index contributed by atoms with van der Waals surface area (Å²) >= 11 is 0. The zero-order valence-corrected chi connectivity index (χ0v) is 24.1. The van der Waals surface area contributed by atoms with Crippen molar-refractivity contribution in [1.82, 2.24) is 14.7 Å². The van der Waals surface area contributed by atoms with Crippen LogP contribution in [0.1, 0.15) is 99.8 Å². The number of esters is 1. The summed E-state index contributed by atoms with van der Waals surface area (Å²) in [6, 6.07) is 9.74. The molecule has 2 aliphatic rings. The van der Waals surface area contributed by atoms with Crippen molar-refractivity contribution in [2.24, 2.45) is 0 Å². The molecule has 0 saturated heterocycles. The molecule has 5 rings (SSSR count). The molecule has 2 atom stereocenters. The Bertz CT molecular complexity index is 1440. The fourth-order valence-electron chi connectivity index (χ4n) is 5.48. The Morgan fingerprint density at radius 3 is 2.50 bits per heavy atom. The Morgan fingerprint density at radius 2 is 1.87 bits per heavy atom. The molecule has 3 heterocycles. The number of cyclic esters (lactones) is 1. The van der Waals surface area contributed by atoms with Crippen LogP contribution >= 0.6 is 0 Å². The van der Waals surface area contributed by atoms with Crippen LogP contribution in [0.15, 0.2) is 36.5 Å². The quantitative estimate of drug-likeness (QED) is 0.390. The van der Waals surface area contributed by atoms with Gasteiger partial charge in [-0.1, -0.05) is 13.0 Å². The summed E-state index contributed by atoms with van der Waals surface area (Å²) in [4.78, 5) is 22.4. The molecule has 0 bridgehead atoms. The van der Waals surface area contributed by atoms with Gasteiger partial charge in [-0.05, 0) is 89.1 Å². The van der Waals surface area contributed by atoms with E-state index in [9.17, 15) is 9.00 Å². The minimum absolute atomic E-state index is 0.0939. The lowest BCUT2D eigenvalue weighted by Crippen LogP contribution is -2.46. The molecule has 8 heteroatoms. The minimum Gasteiger partial charge on any atom is -0.496 e. The topological polar surface area (TPSA) is 90.4 Å². The third kappa shape index (κ3) is 4.51. The molecule has 7 nitrogen and oxygen atoms in total. The van der Waals surface area contributed by atoms with Crippen LogP contribution in [0.3, 0.4) is 0 Å². The van der Waals surface area contributed by atoms with Crippen LogP contribution in [0.25, 0.3) is 10.8 Å². The number of methoxy groups -OCH3 is 1. The number of benzene rings is 1. The summed E-state index contributed by atoms with van der Waals surface area (Å²) in [5.74, 6) is 0.450. The summed E-state index contributed by atoms with van der Waals surface area (Å²) in [5, 5.41) is 1.93. The van der Waals surface area contributed by atoms with Crippen LogP contribution in [0.2, 0.25) is 0 Å². The van der Waals surface area contributed by atoms with Crippen LogP contribution in [0, 0.1) is 0 Å². The Labute approximate surface area is 227 Å². The summed E-state index contributed by atoms with van der Waals surface area (Å²) in [6.07, 6.45) is 5.09. The van der Waals surface area contributed by atoms with Gasteiger partial charge in [-0.3, -0.25) is 9.97 Å². The highest BCUT2D eigenvalue weighted by atomic mass is 32.2. The third-order valence-corrected chi connectivity index (χ3v) is 9.61. The second-order valence-corrected chi connectivity index (χ2v) is 13.9. The van der Waals surface area contributed by atoms with Gasteiger partial charge in [0.1, 0.15) is 11.4 Å². The molecule has 1 N–H and O–H groups in total. The van der Waals surface area contributed by atoms with Crippen LogP contribution in [0.5, 0.6) is 5.75 Å². The van der Waals surface area contributed by atoms with Crippen molar-refractivity contribution in [1.29, 1.82) is 0 Å². The van der Waals surface area contributed by atoms with E-state index in [0.717, 1.165) is 58.4 Å². The van der Waals surface area contributed by atoms with Crippen molar-refractivity contribution in [2.75, 3.05) is 7.11 Å². The van der Waals surface area contributed by atoms with Crippen molar-refractivity contribution in [2.45, 2.75) is 89.0 Å². The van der Waals surface area contributed by atoms with Gasteiger partial charge >= 0.3 is 5.97 Å². The van der Waals surface area contributed by atoms with Gasteiger partial charge in [0.2, 0.25) is 0 Å². The Balaban J connectivity index is 1.53. The number of hydrogen-bond donors (Lipinski definition) is 1. The van der Waals surface area contributed by atoms with E-state index in [1.807, 2.05) is 65.1 Å². The van der Waals surface area contributed by atoms with Gasteiger partial charge in [0.05, 0.1) is 39.5 Å². The molecule has 2 aromatic heterocycles. The first-order valence-electron chi connectivity index (χ1n) is 13.3. The van der Waals surface area contributed by atoms with Crippen molar-refractivity contribution >= 4 is 27.7 Å². The van der Waals surface area contributed by atoms with E-state index < -0.39 is 16.6 Å². The molecule has 1 spiro atoms. The number of rotatable bonds is 7. The molecular formula is C30H37N3O4S. The summed E-state index contributed by atoms with van der Waals surface area (Å²) in [7, 11) is 0.445. The van der Waals surface area contributed by atoms with Gasteiger partial charge < -0.3 is 9.47 Å². The predicted octanol–water partition coefficient (Wildman–Crippen LogP) is 5.71. The number of hydrogen-bond acceptors (Lipinski definition) is 6. The Morgan fingerprint density at radius 1 is 1.13 bits per heavy atom. The number of carbonyl (C=O) groups is 1. The summed E-state index contributed by atoms with van der Waals surface area (Å²) < 4.78 is 27.3. The van der Waals surface area contributed by atoms with Crippen molar-refractivity contribution < 1.29 is 18.5 Å². The number of pyridine rings is 2. The molecule has 3 aromatic rings. The fourth-order valence-corrected chi connectivity index (χ4v) is 6.38. The van der Waals surface area contributed by atoms with Crippen LogP contribution < -0.4 is 9.46 Å².